The van der Waals surface area contributed by atoms with Gasteiger partial charge in [0.2, 0.25) is 11.7 Å². The van der Waals surface area contributed by atoms with Gasteiger partial charge < -0.3 is 24.8 Å². The predicted molar refractivity (Wildman–Crippen MR) is 101 cm³/mol. The highest BCUT2D eigenvalue weighted by Gasteiger charge is 2.38. The van der Waals surface area contributed by atoms with Gasteiger partial charge in [-0.15, -0.1) is 0 Å². The molecule has 1 aliphatic rings. The van der Waals surface area contributed by atoms with Crippen molar-refractivity contribution < 1.29 is 28.6 Å². The van der Waals surface area contributed by atoms with Crippen LogP contribution >= 0.6 is 0 Å². The molecule has 4 amide bonds. The van der Waals surface area contributed by atoms with Gasteiger partial charge >= 0.3 is 6.03 Å². The molecule has 1 aromatic rings. The first-order valence-corrected chi connectivity index (χ1v) is 8.98. The van der Waals surface area contributed by atoms with Gasteiger partial charge in [-0.25, -0.2) is 4.79 Å². The van der Waals surface area contributed by atoms with Crippen LogP contribution in [0, 0.1) is 5.92 Å². The number of carbonyl (C=O) groups is 3. The monoisotopic (exact) mass is 393 g/mol. The third-order valence-corrected chi connectivity index (χ3v) is 4.33. The molecule has 0 aliphatic carbocycles. The lowest BCUT2D eigenvalue weighted by atomic mass is 10.0. The SMILES string of the molecule is COc1cc(CNC(=O)CN2C(=O)NC(CC(C)C)C2=O)cc(OC)c1OC. The number of nitrogens with one attached hydrogen (secondary N) is 2. The minimum atomic E-state index is -0.574. The Balaban J connectivity index is 1.99. The lowest BCUT2D eigenvalue weighted by Gasteiger charge is -2.16. The summed E-state index contributed by atoms with van der Waals surface area (Å²) >= 11 is 0. The van der Waals surface area contributed by atoms with E-state index in [1.807, 2.05) is 13.8 Å². The van der Waals surface area contributed by atoms with Crippen molar-refractivity contribution in [2.75, 3.05) is 27.9 Å². The number of methoxy groups -OCH3 is 3. The first-order chi connectivity index (χ1) is 13.3. The molecule has 0 bridgehead atoms. The Morgan fingerprint density at radius 2 is 1.75 bits per heavy atom. The predicted octanol–water partition coefficient (Wildman–Crippen LogP) is 1.30. The second kappa shape index (κ2) is 9.29. The van der Waals surface area contributed by atoms with Gasteiger partial charge in [0, 0.05) is 6.54 Å². The summed E-state index contributed by atoms with van der Waals surface area (Å²) < 4.78 is 15.8. The van der Waals surface area contributed by atoms with Crippen LogP contribution in [-0.2, 0) is 16.1 Å². The van der Waals surface area contributed by atoms with Crippen LogP contribution in [0.1, 0.15) is 25.8 Å². The maximum Gasteiger partial charge on any atom is 0.325 e. The second-order valence-corrected chi connectivity index (χ2v) is 6.87. The van der Waals surface area contributed by atoms with Crippen molar-refractivity contribution in [2.45, 2.75) is 32.9 Å². The third-order valence-electron chi connectivity index (χ3n) is 4.33. The smallest absolute Gasteiger partial charge is 0.325 e. The Morgan fingerprint density at radius 3 is 2.25 bits per heavy atom. The summed E-state index contributed by atoms with van der Waals surface area (Å²) in [6, 6.07) is 2.32. The summed E-state index contributed by atoms with van der Waals surface area (Å²) in [7, 11) is 4.52. The number of hydrogen-bond acceptors (Lipinski definition) is 6. The van der Waals surface area contributed by atoms with Gasteiger partial charge in [0.15, 0.2) is 11.5 Å². The van der Waals surface area contributed by atoms with Gasteiger partial charge in [0.05, 0.1) is 21.3 Å². The van der Waals surface area contributed by atoms with Gasteiger partial charge in [0.25, 0.3) is 5.91 Å². The maximum absolute atomic E-state index is 12.3. The largest absolute Gasteiger partial charge is 0.493 e. The number of ether oxygens (including phenoxy) is 3. The molecule has 1 aromatic carbocycles. The highest BCUT2D eigenvalue weighted by molar-refractivity contribution is 6.06. The molecule has 2 N–H and O–H groups in total. The molecule has 1 saturated heterocycles. The van der Waals surface area contributed by atoms with Crippen LogP contribution in [0.4, 0.5) is 4.79 Å². The number of amides is 4. The summed E-state index contributed by atoms with van der Waals surface area (Å²) in [4.78, 5) is 37.5. The maximum atomic E-state index is 12.3. The Hall–Kier alpha value is -2.97. The van der Waals surface area contributed by atoms with Gasteiger partial charge in [-0.3, -0.25) is 14.5 Å². The molecule has 0 radical (unpaired) electrons. The fourth-order valence-corrected chi connectivity index (χ4v) is 3.00. The normalized spacial score (nSPS) is 16.2. The lowest BCUT2D eigenvalue weighted by Crippen LogP contribution is -2.41. The van der Waals surface area contributed by atoms with Crippen molar-refractivity contribution in [1.29, 1.82) is 0 Å². The molecule has 1 unspecified atom stereocenters. The van der Waals surface area contributed by atoms with Crippen LogP contribution in [-0.4, -0.2) is 56.7 Å². The van der Waals surface area contributed by atoms with Crippen LogP contribution in [0.5, 0.6) is 17.2 Å². The quantitative estimate of drug-likeness (QED) is 0.613. The summed E-state index contributed by atoms with van der Waals surface area (Å²) in [5.41, 5.74) is 0.720. The molecule has 1 fully saturated rings. The molecule has 28 heavy (non-hydrogen) atoms. The van der Waals surface area contributed by atoms with Crippen molar-refractivity contribution in [1.82, 2.24) is 15.5 Å². The van der Waals surface area contributed by atoms with E-state index < -0.39 is 18.0 Å². The van der Waals surface area contributed by atoms with E-state index in [2.05, 4.69) is 10.6 Å². The molecule has 0 saturated carbocycles. The van der Waals surface area contributed by atoms with Crippen molar-refractivity contribution in [2.24, 2.45) is 5.92 Å². The number of benzene rings is 1. The number of carbonyl (C=O) groups excluding carboxylic acids is 3. The number of nitrogens with zero attached hydrogens (tertiary/aromatic N) is 1. The molecule has 1 heterocycles. The van der Waals surface area contributed by atoms with Gasteiger partial charge in [0.1, 0.15) is 12.6 Å². The average Bonchev–Trinajstić information content (AvgIpc) is 2.92. The minimum absolute atomic E-state index is 0.175. The molecule has 0 spiro atoms. The number of hydrogen-bond donors (Lipinski definition) is 2. The molecule has 0 aromatic heterocycles. The van der Waals surface area contributed by atoms with E-state index >= 15 is 0 Å². The van der Waals surface area contributed by atoms with Crippen LogP contribution in [0.2, 0.25) is 0 Å². The Bertz CT molecular complexity index is 724. The topological polar surface area (TPSA) is 106 Å². The van der Waals surface area contributed by atoms with Crippen LogP contribution in [0.3, 0.4) is 0 Å². The van der Waals surface area contributed by atoms with E-state index in [9.17, 15) is 14.4 Å². The first-order valence-electron chi connectivity index (χ1n) is 8.98. The number of rotatable bonds is 9. The average molecular weight is 393 g/mol. The molecular weight excluding hydrogens is 366 g/mol. The van der Waals surface area contributed by atoms with E-state index in [-0.39, 0.29) is 24.9 Å². The Kier molecular flexibility index (Phi) is 7.08. The van der Waals surface area contributed by atoms with Crippen molar-refractivity contribution in [3.05, 3.63) is 17.7 Å². The lowest BCUT2D eigenvalue weighted by molar-refractivity contribution is -0.132. The number of urea groups is 1. The van der Waals surface area contributed by atoms with Gasteiger partial charge in [-0.1, -0.05) is 13.8 Å². The van der Waals surface area contributed by atoms with E-state index in [0.717, 1.165) is 10.5 Å². The molecule has 154 valence electrons. The summed E-state index contributed by atoms with van der Waals surface area (Å²) in [5, 5.41) is 5.32. The third kappa shape index (κ3) is 4.85. The molecular formula is C19H27N3O6. The highest BCUT2D eigenvalue weighted by Crippen LogP contribution is 2.38. The van der Waals surface area contributed by atoms with Gasteiger partial charge in [-0.2, -0.15) is 0 Å². The van der Waals surface area contributed by atoms with E-state index in [0.29, 0.717) is 23.7 Å². The van der Waals surface area contributed by atoms with E-state index in [4.69, 9.17) is 14.2 Å². The summed E-state index contributed by atoms with van der Waals surface area (Å²) in [5.74, 6) is 0.830. The first kappa shape index (κ1) is 21.3. The molecule has 2 rings (SSSR count). The van der Waals surface area contributed by atoms with Crippen molar-refractivity contribution in [3.8, 4) is 17.2 Å². The van der Waals surface area contributed by atoms with Crippen LogP contribution < -0.4 is 24.8 Å². The molecule has 1 atom stereocenters. The zero-order valence-corrected chi connectivity index (χ0v) is 16.8. The van der Waals surface area contributed by atoms with Crippen LogP contribution in [0.25, 0.3) is 0 Å². The van der Waals surface area contributed by atoms with Crippen LogP contribution in [0.15, 0.2) is 12.1 Å². The number of imide groups is 1. The second-order valence-electron chi connectivity index (χ2n) is 6.87. The zero-order valence-electron chi connectivity index (χ0n) is 16.8. The summed E-state index contributed by atoms with van der Waals surface area (Å²) in [6.45, 7) is 3.77. The van der Waals surface area contributed by atoms with E-state index in [1.54, 1.807) is 12.1 Å². The van der Waals surface area contributed by atoms with Crippen molar-refractivity contribution in [3.63, 3.8) is 0 Å². The molecule has 9 heteroatoms. The highest BCUT2D eigenvalue weighted by atomic mass is 16.5. The Morgan fingerprint density at radius 1 is 1.14 bits per heavy atom. The Labute approximate surface area is 164 Å². The fourth-order valence-electron chi connectivity index (χ4n) is 3.00. The minimum Gasteiger partial charge on any atom is -0.493 e. The zero-order chi connectivity index (χ0) is 20.8. The molecule has 9 nitrogen and oxygen atoms in total. The molecule has 1 aliphatic heterocycles. The van der Waals surface area contributed by atoms with E-state index in [1.165, 1.54) is 21.3 Å². The standard InChI is InChI=1S/C19H27N3O6/c1-11(2)6-13-18(24)22(19(25)21-13)10-16(23)20-9-12-7-14(26-3)17(28-5)15(8-12)27-4/h7-8,11,13H,6,9-10H2,1-5H3,(H,20,23)(H,21,25). The van der Waals surface area contributed by atoms with Gasteiger partial charge in [-0.05, 0) is 30.0 Å². The fraction of sp³-hybridized carbons (Fsp3) is 0.526. The summed E-state index contributed by atoms with van der Waals surface area (Å²) in [6.07, 6.45) is 0.536. The van der Waals surface area contributed by atoms with Crippen molar-refractivity contribution >= 4 is 17.8 Å².